The SMILES string of the molecule is C=CCNC(=O)CN(c1ccc(OC)cc1)S(=O)(=O)c1ccc(C)cc1. The van der Waals surface area contributed by atoms with Crippen LogP contribution in [0.5, 0.6) is 5.75 Å². The van der Waals surface area contributed by atoms with E-state index in [4.69, 9.17) is 4.74 Å². The van der Waals surface area contributed by atoms with Crippen LogP contribution in [0.15, 0.2) is 66.1 Å². The molecule has 2 rings (SSSR count). The van der Waals surface area contributed by atoms with Gasteiger partial charge in [0.2, 0.25) is 5.91 Å². The van der Waals surface area contributed by atoms with Crippen molar-refractivity contribution in [1.82, 2.24) is 5.32 Å². The molecule has 1 N–H and O–H groups in total. The summed E-state index contributed by atoms with van der Waals surface area (Å²) >= 11 is 0. The van der Waals surface area contributed by atoms with Gasteiger partial charge in [-0.3, -0.25) is 9.10 Å². The number of sulfonamides is 1. The van der Waals surface area contributed by atoms with E-state index in [-0.39, 0.29) is 18.0 Å². The standard InChI is InChI=1S/C19H22N2O4S/c1-4-13-20-19(22)14-21(16-7-9-17(25-3)10-8-16)26(23,24)18-11-5-15(2)6-12-18/h4-12H,1,13-14H2,2-3H3,(H,20,22). The highest BCUT2D eigenvalue weighted by atomic mass is 32.2. The van der Waals surface area contributed by atoms with Crippen LogP contribution in [0.4, 0.5) is 5.69 Å². The van der Waals surface area contributed by atoms with Gasteiger partial charge in [0.05, 0.1) is 17.7 Å². The third-order valence-corrected chi connectivity index (χ3v) is 5.49. The first kappa shape index (κ1) is 19.5. The number of hydrogen-bond acceptors (Lipinski definition) is 4. The van der Waals surface area contributed by atoms with Gasteiger partial charge in [0.15, 0.2) is 0 Å². The number of aryl methyl sites for hydroxylation is 1. The largest absolute Gasteiger partial charge is 0.497 e. The Kier molecular flexibility index (Phi) is 6.41. The number of nitrogens with one attached hydrogen (secondary N) is 1. The summed E-state index contributed by atoms with van der Waals surface area (Å²) in [7, 11) is -2.38. The lowest BCUT2D eigenvalue weighted by molar-refractivity contribution is -0.119. The molecule has 0 aliphatic heterocycles. The molecule has 0 fully saturated rings. The Balaban J connectivity index is 2.42. The minimum Gasteiger partial charge on any atom is -0.497 e. The van der Waals surface area contributed by atoms with E-state index in [0.29, 0.717) is 11.4 Å². The number of benzene rings is 2. The summed E-state index contributed by atoms with van der Waals surface area (Å²) in [5.74, 6) is 0.175. The summed E-state index contributed by atoms with van der Waals surface area (Å²) in [5, 5.41) is 2.60. The summed E-state index contributed by atoms with van der Waals surface area (Å²) in [4.78, 5) is 12.3. The maximum absolute atomic E-state index is 13.1. The number of rotatable bonds is 8. The normalized spacial score (nSPS) is 10.8. The minimum atomic E-state index is -3.90. The quantitative estimate of drug-likeness (QED) is 0.721. The van der Waals surface area contributed by atoms with Crippen LogP contribution in [0.1, 0.15) is 5.56 Å². The predicted octanol–water partition coefficient (Wildman–Crippen LogP) is 2.50. The van der Waals surface area contributed by atoms with Crippen molar-refractivity contribution in [3.8, 4) is 5.75 Å². The molecule has 2 aromatic rings. The van der Waals surface area contributed by atoms with Crippen molar-refractivity contribution >= 4 is 21.6 Å². The molecule has 138 valence electrons. The summed E-state index contributed by atoms with van der Waals surface area (Å²) in [5.41, 5.74) is 1.32. The number of carbonyl (C=O) groups excluding carboxylic acids is 1. The van der Waals surface area contributed by atoms with Crippen molar-refractivity contribution in [2.24, 2.45) is 0 Å². The van der Waals surface area contributed by atoms with E-state index in [1.807, 2.05) is 6.92 Å². The van der Waals surface area contributed by atoms with E-state index in [1.54, 1.807) is 36.4 Å². The van der Waals surface area contributed by atoms with Crippen molar-refractivity contribution in [2.45, 2.75) is 11.8 Å². The molecule has 0 radical (unpaired) electrons. The fourth-order valence-corrected chi connectivity index (χ4v) is 3.69. The Bertz CT molecular complexity index is 859. The molecule has 1 amide bonds. The molecule has 0 aliphatic carbocycles. The van der Waals surface area contributed by atoms with Crippen molar-refractivity contribution < 1.29 is 17.9 Å². The van der Waals surface area contributed by atoms with Crippen molar-refractivity contribution in [1.29, 1.82) is 0 Å². The Morgan fingerprint density at radius 2 is 1.77 bits per heavy atom. The van der Waals surface area contributed by atoms with Crippen LogP contribution in [-0.2, 0) is 14.8 Å². The number of hydrogen-bond donors (Lipinski definition) is 1. The Hall–Kier alpha value is -2.80. The second-order valence-corrected chi connectivity index (χ2v) is 7.48. The van der Waals surface area contributed by atoms with Crippen LogP contribution in [0.3, 0.4) is 0 Å². The van der Waals surface area contributed by atoms with Gasteiger partial charge in [-0.2, -0.15) is 0 Å². The van der Waals surface area contributed by atoms with Crippen molar-refractivity contribution in [3.63, 3.8) is 0 Å². The second-order valence-electron chi connectivity index (χ2n) is 5.62. The molecule has 7 heteroatoms. The summed E-state index contributed by atoms with van der Waals surface area (Å²) in [6.07, 6.45) is 1.53. The summed E-state index contributed by atoms with van der Waals surface area (Å²) in [6.45, 7) is 5.34. The van der Waals surface area contributed by atoms with Crippen LogP contribution in [-0.4, -0.2) is 34.5 Å². The number of amides is 1. The molecular formula is C19H22N2O4S. The second kappa shape index (κ2) is 8.53. The molecule has 0 aliphatic rings. The van der Waals surface area contributed by atoms with E-state index in [1.165, 1.54) is 25.3 Å². The van der Waals surface area contributed by atoms with Crippen LogP contribution in [0.25, 0.3) is 0 Å². The number of nitrogens with zero attached hydrogens (tertiary/aromatic N) is 1. The smallest absolute Gasteiger partial charge is 0.264 e. The average Bonchev–Trinajstić information content (AvgIpc) is 2.64. The number of anilines is 1. The van der Waals surface area contributed by atoms with Crippen LogP contribution < -0.4 is 14.4 Å². The zero-order chi connectivity index (χ0) is 19.2. The molecule has 26 heavy (non-hydrogen) atoms. The maximum atomic E-state index is 13.1. The van der Waals surface area contributed by atoms with Gasteiger partial charge in [-0.15, -0.1) is 6.58 Å². The highest BCUT2D eigenvalue weighted by molar-refractivity contribution is 7.92. The van der Waals surface area contributed by atoms with Crippen LogP contribution in [0.2, 0.25) is 0 Å². The highest BCUT2D eigenvalue weighted by Gasteiger charge is 2.27. The van der Waals surface area contributed by atoms with Crippen molar-refractivity contribution in [3.05, 3.63) is 66.7 Å². The molecule has 0 saturated carbocycles. The van der Waals surface area contributed by atoms with E-state index in [9.17, 15) is 13.2 Å². The van der Waals surface area contributed by atoms with Gasteiger partial charge in [-0.05, 0) is 43.3 Å². The third kappa shape index (κ3) is 4.64. The molecule has 0 aromatic heterocycles. The molecule has 0 spiro atoms. The average molecular weight is 374 g/mol. The van der Waals surface area contributed by atoms with Gasteiger partial charge in [0.1, 0.15) is 12.3 Å². The predicted molar refractivity (Wildman–Crippen MR) is 102 cm³/mol. The number of methoxy groups -OCH3 is 1. The maximum Gasteiger partial charge on any atom is 0.264 e. The van der Waals surface area contributed by atoms with E-state index >= 15 is 0 Å². The first-order chi connectivity index (χ1) is 12.4. The minimum absolute atomic E-state index is 0.121. The van der Waals surface area contributed by atoms with Gasteiger partial charge in [0.25, 0.3) is 10.0 Å². The highest BCUT2D eigenvalue weighted by Crippen LogP contribution is 2.25. The van der Waals surface area contributed by atoms with Crippen molar-refractivity contribution in [2.75, 3.05) is 24.5 Å². The zero-order valence-corrected chi connectivity index (χ0v) is 15.6. The van der Waals surface area contributed by atoms with E-state index in [2.05, 4.69) is 11.9 Å². The molecule has 0 heterocycles. The van der Waals surface area contributed by atoms with Gasteiger partial charge >= 0.3 is 0 Å². The lowest BCUT2D eigenvalue weighted by Crippen LogP contribution is -2.40. The molecule has 0 unspecified atom stereocenters. The monoisotopic (exact) mass is 374 g/mol. The third-order valence-electron chi connectivity index (χ3n) is 3.70. The Labute approximate surface area is 154 Å². The Morgan fingerprint density at radius 3 is 2.31 bits per heavy atom. The van der Waals surface area contributed by atoms with Gasteiger partial charge in [-0.1, -0.05) is 23.8 Å². The fourth-order valence-electron chi connectivity index (χ4n) is 2.27. The van der Waals surface area contributed by atoms with Crippen LogP contribution in [0, 0.1) is 6.92 Å². The van der Waals surface area contributed by atoms with Crippen LogP contribution >= 0.6 is 0 Å². The molecular weight excluding hydrogens is 352 g/mol. The zero-order valence-electron chi connectivity index (χ0n) is 14.8. The van der Waals surface area contributed by atoms with Gasteiger partial charge in [0, 0.05) is 6.54 Å². The first-order valence-corrected chi connectivity index (χ1v) is 9.43. The van der Waals surface area contributed by atoms with E-state index < -0.39 is 15.9 Å². The Morgan fingerprint density at radius 1 is 1.15 bits per heavy atom. The fraction of sp³-hybridized carbons (Fsp3) is 0.211. The molecule has 0 saturated heterocycles. The van der Waals surface area contributed by atoms with E-state index in [0.717, 1.165) is 9.87 Å². The van der Waals surface area contributed by atoms with Gasteiger partial charge in [-0.25, -0.2) is 8.42 Å². The molecule has 0 bridgehead atoms. The number of ether oxygens (including phenoxy) is 1. The van der Waals surface area contributed by atoms with Gasteiger partial charge < -0.3 is 10.1 Å². The summed E-state index contributed by atoms with van der Waals surface area (Å²) in [6, 6.07) is 13.0. The molecule has 6 nitrogen and oxygen atoms in total. The summed E-state index contributed by atoms with van der Waals surface area (Å²) < 4.78 is 32.4. The first-order valence-electron chi connectivity index (χ1n) is 7.99. The topological polar surface area (TPSA) is 75.7 Å². The molecule has 0 atom stereocenters. The lowest BCUT2D eigenvalue weighted by Gasteiger charge is -2.24. The molecule has 2 aromatic carbocycles. The lowest BCUT2D eigenvalue weighted by atomic mass is 10.2. The number of carbonyl (C=O) groups is 1.